The lowest BCUT2D eigenvalue weighted by Crippen LogP contribution is -2.29. The van der Waals surface area contributed by atoms with Crippen LogP contribution >= 0.6 is 0 Å². The SMILES string of the molecule is COc1cc(C(=O)N(C)C(C)c2ccco2)ccc1OC(C)C. The molecule has 1 atom stereocenters. The number of amides is 1. The molecular weight excluding hydrogens is 294 g/mol. The van der Waals surface area contributed by atoms with Crippen molar-refractivity contribution < 1.29 is 18.7 Å². The van der Waals surface area contributed by atoms with Crippen molar-refractivity contribution in [2.75, 3.05) is 14.2 Å². The molecule has 2 aromatic rings. The minimum atomic E-state index is -0.157. The van der Waals surface area contributed by atoms with Gasteiger partial charge in [0.2, 0.25) is 0 Å². The second-order valence-electron chi connectivity index (χ2n) is 5.64. The van der Waals surface area contributed by atoms with Crippen molar-refractivity contribution >= 4 is 5.91 Å². The van der Waals surface area contributed by atoms with Gasteiger partial charge in [-0.1, -0.05) is 0 Å². The third kappa shape index (κ3) is 3.86. The summed E-state index contributed by atoms with van der Waals surface area (Å²) in [6, 6.07) is 8.71. The van der Waals surface area contributed by atoms with E-state index in [-0.39, 0.29) is 18.1 Å². The molecule has 5 nitrogen and oxygen atoms in total. The molecule has 23 heavy (non-hydrogen) atoms. The predicted molar refractivity (Wildman–Crippen MR) is 88.0 cm³/mol. The summed E-state index contributed by atoms with van der Waals surface area (Å²) >= 11 is 0. The van der Waals surface area contributed by atoms with Crippen molar-refractivity contribution in [3.05, 3.63) is 47.9 Å². The first-order chi connectivity index (χ1) is 10.9. The Labute approximate surface area is 136 Å². The molecular formula is C18H23NO4. The summed E-state index contributed by atoms with van der Waals surface area (Å²) in [6.07, 6.45) is 1.64. The molecule has 5 heteroatoms. The lowest BCUT2D eigenvalue weighted by Gasteiger charge is -2.24. The van der Waals surface area contributed by atoms with Crippen LogP contribution in [0.4, 0.5) is 0 Å². The Kier molecular flexibility index (Phi) is 5.32. The zero-order chi connectivity index (χ0) is 17.0. The lowest BCUT2D eigenvalue weighted by atomic mass is 10.1. The Balaban J connectivity index is 2.21. The number of methoxy groups -OCH3 is 1. The van der Waals surface area contributed by atoms with Gasteiger partial charge in [0.05, 0.1) is 25.5 Å². The van der Waals surface area contributed by atoms with E-state index in [1.165, 1.54) is 0 Å². The molecule has 2 rings (SSSR count). The van der Waals surface area contributed by atoms with Crippen LogP contribution in [0, 0.1) is 0 Å². The molecule has 0 aliphatic rings. The largest absolute Gasteiger partial charge is 0.493 e. The molecule has 1 unspecified atom stereocenters. The summed E-state index contributed by atoms with van der Waals surface area (Å²) in [4.78, 5) is 14.3. The summed E-state index contributed by atoms with van der Waals surface area (Å²) in [6.45, 7) is 5.80. The molecule has 124 valence electrons. The van der Waals surface area contributed by atoms with Crippen LogP contribution in [-0.4, -0.2) is 31.1 Å². The van der Waals surface area contributed by atoms with Gasteiger partial charge in [-0.15, -0.1) is 0 Å². The third-order valence-corrected chi connectivity index (χ3v) is 3.63. The van der Waals surface area contributed by atoms with E-state index in [9.17, 15) is 4.79 Å². The molecule has 0 fully saturated rings. The summed E-state index contributed by atoms with van der Waals surface area (Å²) in [5, 5.41) is 0. The maximum atomic E-state index is 12.7. The Morgan fingerprint density at radius 2 is 1.91 bits per heavy atom. The summed E-state index contributed by atoms with van der Waals surface area (Å²) in [7, 11) is 3.31. The van der Waals surface area contributed by atoms with E-state index in [2.05, 4.69) is 0 Å². The molecule has 0 saturated carbocycles. The minimum absolute atomic E-state index is 0.0344. The number of carbonyl (C=O) groups is 1. The van der Waals surface area contributed by atoms with Gasteiger partial charge in [0, 0.05) is 12.6 Å². The monoisotopic (exact) mass is 317 g/mol. The minimum Gasteiger partial charge on any atom is -0.493 e. The molecule has 0 bridgehead atoms. The van der Waals surface area contributed by atoms with Gasteiger partial charge in [-0.25, -0.2) is 0 Å². The standard InChI is InChI=1S/C18H23NO4/c1-12(2)23-16-9-8-14(11-17(16)21-5)18(20)19(4)13(3)15-7-6-10-22-15/h6-13H,1-5H3. The average Bonchev–Trinajstić information content (AvgIpc) is 3.07. The molecule has 0 aliphatic heterocycles. The fourth-order valence-electron chi connectivity index (χ4n) is 2.25. The van der Waals surface area contributed by atoms with Crippen LogP contribution in [0.25, 0.3) is 0 Å². The first-order valence-corrected chi connectivity index (χ1v) is 7.59. The van der Waals surface area contributed by atoms with Gasteiger partial charge in [-0.2, -0.15) is 0 Å². The van der Waals surface area contributed by atoms with Crippen LogP contribution in [0.15, 0.2) is 41.0 Å². The summed E-state index contributed by atoms with van der Waals surface area (Å²) < 4.78 is 16.4. The number of benzene rings is 1. The number of ether oxygens (including phenoxy) is 2. The zero-order valence-electron chi connectivity index (χ0n) is 14.2. The predicted octanol–water partition coefficient (Wildman–Crippen LogP) is 3.91. The normalized spacial score (nSPS) is 12.1. The van der Waals surface area contributed by atoms with Crippen LogP contribution in [0.3, 0.4) is 0 Å². The average molecular weight is 317 g/mol. The van der Waals surface area contributed by atoms with Gasteiger partial charge >= 0.3 is 0 Å². The van der Waals surface area contributed by atoms with Gasteiger partial charge in [0.15, 0.2) is 11.5 Å². The summed E-state index contributed by atoms with van der Waals surface area (Å²) in [5.74, 6) is 1.81. The molecule has 1 aromatic carbocycles. The van der Waals surface area contributed by atoms with Crippen molar-refractivity contribution in [2.24, 2.45) is 0 Å². The van der Waals surface area contributed by atoms with E-state index in [0.29, 0.717) is 17.1 Å². The van der Waals surface area contributed by atoms with Crippen molar-refractivity contribution in [3.63, 3.8) is 0 Å². The highest BCUT2D eigenvalue weighted by Gasteiger charge is 2.22. The van der Waals surface area contributed by atoms with Gasteiger partial charge in [-0.05, 0) is 51.1 Å². The summed E-state index contributed by atoms with van der Waals surface area (Å²) in [5.41, 5.74) is 0.541. The molecule has 0 N–H and O–H groups in total. The van der Waals surface area contributed by atoms with Crippen molar-refractivity contribution in [1.82, 2.24) is 4.90 Å². The Bertz CT molecular complexity index is 649. The molecule has 1 aromatic heterocycles. The van der Waals surface area contributed by atoms with Gasteiger partial charge < -0.3 is 18.8 Å². The first-order valence-electron chi connectivity index (χ1n) is 7.59. The highest BCUT2D eigenvalue weighted by Crippen LogP contribution is 2.30. The highest BCUT2D eigenvalue weighted by atomic mass is 16.5. The second-order valence-corrected chi connectivity index (χ2v) is 5.64. The molecule has 0 aliphatic carbocycles. The van der Waals surface area contributed by atoms with Crippen LogP contribution in [0.5, 0.6) is 11.5 Å². The fourth-order valence-corrected chi connectivity index (χ4v) is 2.25. The van der Waals surface area contributed by atoms with Crippen molar-refractivity contribution in [2.45, 2.75) is 32.9 Å². The van der Waals surface area contributed by atoms with Gasteiger partial charge in [0.1, 0.15) is 5.76 Å². The highest BCUT2D eigenvalue weighted by molar-refractivity contribution is 5.95. The zero-order valence-corrected chi connectivity index (χ0v) is 14.2. The second kappa shape index (κ2) is 7.22. The number of rotatable bonds is 6. The topological polar surface area (TPSA) is 51.9 Å². The smallest absolute Gasteiger partial charge is 0.254 e. The van der Waals surface area contributed by atoms with Crippen molar-refractivity contribution in [1.29, 1.82) is 0 Å². The molecule has 0 radical (unpaired) electrons. The van der Waals surface area contributed by atoms with Crippen LogP contribution in [0.2, 0.25) is 0 Å². The van der Waals surface area contributed by atoms with E-state index in [1.54, 1.807) is 43.5 Å². The van der Waals surface area contributed by atoms with E-state index in [4.69, 9.17) is 13.9 Å². The van der Waals surface area contributed by atoms with E-state index < -0.39 is 0 Å². The number of furan rings is 1. The number of hydrogen-bond acceptors (Lipinski definition) is 4. The first kappa shape index (κ1) is 16.9. The van der Waals surface area contributed by atoms with Gasteiger partial charge in [-0.3, -0.25) is 4.79 Å². The molecule has 1 amide bonds. The Morgan fingerprint density at radius 3 is 2.48 bits per heavy atom. The van der Waals surface area contributed by atoms with Crippen LogP contribution in [0.1, 0.15) is 42.9 Å². The molecule has 0 saturated heterocycles. The Hall–Kier alpha value is -2.43. The Morgan fingerprint density at radius 1 is 1.17 bits per heavy atom. The van der Waals surface area contributed by atoms with Crippen molar-refractivity contribution in [3.8, 4) is 11.5 Å². The maximum absolute atomic E-state index is 12.7. The number of carbonyl (C=O) groups excluding carboxylic acids is 1. The molecule has 0 spiro atoms. The third-order valence-electron chi connectivity index (χ3n) is 3.63. The lowest BCUT2D eigenvalue weighted by molar-refractivity contribution is 0.0726. The van der Waals surface area contributed by atoms with E-state index >= 15 is 0 Å². The maximum Gasteiger partial charge on any atom is 0.254 e. The number of hydrogen-bond donors (Lipinski definition) is 0. The van der Waals surface area contributed by atoms with Gasteiger partial charge in [0.25, 0.3) is 5.91 Å². The number of nitrogens with zero attached hydrogens (tertiary/aromatic N) is 1. The van der Waals surface area contributed by atoms with E-state index in [1.807, 2.05) is 32.9 Å². The quantitative estimate of drug-likeness (QED) is 0.810. The fraction of sp³-hybridized carbons (Fsp3) is 0.389. The van der Waals surface area contributed by atoms with E-state index in [0.717, 1.165) is 5.76 Å². The van der Waals surface area contributed by atoms with Crippen LogP contribution < -0.4 is 9.47 Å². The van der Waals surface area contributed by atoms with Crippen LogP contribution in [-0.2, 0) is 0 Å². The molecule has 1 heterocycles.